The number of piperidine rings is 1. The number of hydrogen-bond donors (Lipinski definition) is 1. The van der Waals surface area contributed by atoms with Gasteiger partial charge in [0.2, 0.25) is 0 Å². The van der Waals surface area contributed by atoms with Crippen molar-refractivity contribution in [2.24, 2.45) is 5.92 Å². The molecule has 144 valence electrons. The lowest BCUT2D eigenvalue weighted by Crippen LogP contribution is -2.45. The van der Waals surface area contributed by atoms with Gasteiger partial charge in [0.15, 0.2) is 5.69 Å². The minimum atomic E-state index is -0.0132. The molecule has 7 heteroatoms. The molecule has 6 nitrogen and oxygen atoms in total. The predicted molar refractivity (Wildman–Crippen MR) is 105 cm³/mol. The molecule has 0 bridgehead atoms. The molecule has 0 unspecified atom stereocenters. The second-order valence-corrected chi connectivity index (χ2v) is 7.98. The van der Waals surface area contributed by atoms with E-state index in [0.717, 1.165) is 49.8 Å². The smallest absolute Gasteiger partial charge is 0.276 e. The fraction of sp³-hybridized carbons (Fsp3) is 0.550. The predicted octanol–water partition coefficient (Wildman–Crippen LogP) is 3.09. The molecule has 1 aromatic heterocycles. The van der Waals surface area contributed by atoms with Gasteiger partial charge in [-0.25, -0.2) is 4.68 Å². The Morgan fingerprint density at radius 2 is 2.04 bits per heavy atom. The molecule has 2 aliphatic rings. The van der Waals surface area contributed by atoms with E-state index < -0.39 is 0 Å². The summed E-state index contributed by atoms with van der Waals surface area (Å²) in [6, 6.07) is 7.98. The van der Waals surface area contributed by atoms with Crippen molar-refractivity contribution in [1.82, 2.24) is 25.2 Å². The largest absolute Gasteiger partial charge is 0.337 e. The van der Waals surface area contributed by atoms with E-state index >= 15 is 0 Å². The molecule has 2 aromatic rings. The molecule has 1 amide bonds. The molecular weight excluding hydrogens is 362 g/mol. The maximum absolute atomic E-state index is 13.0. The van der Waals surface area contributed by atoms with Crippen molar-refractivity contribution in [2.45, 2.75) is 45.1 Å². The van der Waals surface area contributed by atoms with Crippen molar-refractivity contribution < 1.29 is 4.79 Å². The van der Waals surface area contributed by atoms with Crippen molar-refractivity contribution in [1.29, 1.82) is 0 Å². The van der Waals surface area contributed by atoms with Gasteiger partial charge >= 0.3 is 0 Å². The van der Waals surface area contributed by atoms with Crippen molar-refractivity contribution >= 4 is 17.5 Å². The van der Waals surface area contributed by atoms with Crippen molar-refractivity contribution in [3.63, 3.8) is 0 Å². The maximum Gasteiger partial charge on any atom is 0.276 e. The summed E-state index contributed by atoms with van der Waals surface area (Å²) in [5.41, 5.74) is 2.12. The molecular formula is C20H26ClN5O. The summed E-state index contributed by atoms with van der Waals surface area (Å²) in [4.78, 5) is 15.0. The summed E-state index contributed by atoms with van der Waals surface area (Å²) >= 11 is 6.10. The van der Waals surface area contributed by atoms with Crippen LogP contribution in [0.4, 0.5) is 0 Å². The van der Waals surface area contributed by atoms with Crippen LogP contribution in [0, 0.1) is 5.92 Å². The van der Waals surface area contributed by atoms with Crippen LogP contribution in [0.2, 0.25) is 5.02 Å². The van der Waals surface area contributed by atoms with Crippen LogP contribution in [0.3, 0.4) is 0 Å². The number of halogens is 1. The molecule has 1 N–H and O–H groups in total. The van der Waals surface area contributed by atoms with E-state index in [1.165, 1.54) is 12.8 Å². The third-order valence-corrected chi connectivity index (χ3v) is 5.76. The number of nitrogens with zero attached hydrogens (tertiary/aromatic N) is 4. The van der Waals surface area contributed by atoms with Crippen molar-refractivity contribution in [2.75, 3.05) is 19.6 Å². The van der Waals surface area contributed by atoms with Gasteiger partial charge in [-0.15, -0.1) is 5.10 Å². The highest BCUT2D eigenvalue weighted by Crippen LogP contribution is 2.28. The van der Waals surface area contributed by atoms with Gasteiger partial charge < -0.3 is 10.2 Å². The monoisotopic (exact) mass is 387 g/mol. The molecule has 1 aliphatic carbocycles. The Morgan fingerprint density at radius 1 is 1.26 bits per heavy atom. The van der Waals surface area contributed by atoms with Crippen LogP contribution in [0.25, 0.3) is 5.69 Å². The number of rotatable bonds is 6. The normalized spacial score (nSPS) is 18.1. The lowest BCUT2D eigenvalue weighted by Gasteiger charge is -2.32. The van der Waals surface area contributed by atoms with Crippen LogP contribution in [-0.4, -0.2) is 51.5 Å². The maximum atomic E-state index is 13.0. The summed E-state index contributed by atoms with van der Waals surface area (Å²) < 4.78 is 1.73. The fourth-order valence-electron chi connectivity index (χ4n) is 3.69. The quantitative estimate of drug-likeness (QED) is 0.827. The van der Waals surface area contributed by atoms with Crippen LogP contribution >= 0.6 is 11.6 Å². The van der Waals surface area contributed by atoms with Gasteiger partial charge in [-0.3, -0.25) is 4.79 Å². The van der Waals surface area contributed by atoms with Gasteiger partial charge in [-0.05, 0) is 62.8 Å². The third kappa shape index (κ3) is 4.17. The van der Waals surface area contributed by atoms with Crippen LogP contribution in [0.1, 0.15) is 48.8 Å². The summed E-state index contributed by atoms with van der Waals surface area (Å²) in [7, 11) is 0. The van der Waals surface area contributed by atoms with Crippen molar-refractivity contribution in [3.05, 3.63) is 40.7 Å². The van der Waals surface area contributed by atoms with E-state index in [9.17, 15) is 4.79 Å². The number of amides is 1. The van der Waals surface area contributed by atoms with Gasteiger partial charge in [0.1, 0.15) is 0 Å². The van der Waals surface area contributed by atoms with E-state index in [-0.39, 0.29) is 5.91 Å². The second kappa shape index (κ2) is 7.98. The van der Waals surface area contributed by atoms with Gasteiger partial charge in [0, 0.05) is 24.2 Å². The molecule has 0 radical (unpaired) electrons. The fourth-order valence-corrected chi connectivity index (χ4v) is 3.88. The van der Waals surface area contributed by atoms with E-state index in [2.05, 4.69) is 15.6 Å². The second-order valence-electron chi connectivity index (χ2n) is 7.55. The van der Waals surface area contributed by atoms with Gasteiger partial charge in [0.05, 0.1) is 11.4 Å². The van der Waals surface area contributed by atoms with Gasteiger partial charge in [0.25, 0.3) is 5.91 Å². The molecule has 2 heterocycles. The Kier molecular flexibility index (Phi) is 5.45. The SMILES string of the molecule is CCc1c(C(=O)N2CCC(NCC3CC3)CC2)nnn1-c1cccc(Cl)c1. The Balaban J connectivity index is 1.44. The lowest BCUT2D eigenvalue weighted by atomic mass is 10.0. The summed E-state index contributed by atoms with van der Waals surface area (Å²) in [5.74, 6) is 0.874. The highest BCUT2D eigenvalue weighted by molar-refractivity contribution is 6.30. The zero-order valence-electron chi connectivity index (χ0n) is 15.7. The number of carbonyl (C=O) groups excluding carboxylic acids is 1. The van der Waals surface area contributed by atoms with E-state index in [1.807, 2.05) is 36.1 Å². The number of nitrogens with one attached hydrogen (secondary N) is 1. The summed E-state index contributed by atoms with van der Waals surface area (Å²) in [5, 5.41) is 12.7. The van der Waals surface area contributed by atoms with Crippen LogP contribution < -0.4 is 5.32 Å². The van der Waals surface area contributed by atoms with E-state index in [4.69, 9.17) is 11.6 Å². The first-order valence-electron chi connectivity index (χ1n) is 9.89. The standard InChI is InChI=1S/C20H26ClN5O/c1-2-18-19(23-24-26(18)17-5-3-4-15(21)12-17)20(27)25-10-8-16(9-11-25)22-13-14-6-7-14/h3-5,12,14,16,22H,2,6-11,13H2,1H3. The Bertz CT molecular complexity index is 808. The third-order valence-electron chi connectivity index (χ3n) is 5.53. The molecule has 27 heavy (non-hydrogen) atoms. The van der Waals surface area contributed by atoms with Crippen molar-refractivity contribution in [3.8, 4) is 5.69 Å². The molecule has 1 aliphatic heterocycles. The zero-order chi connectivity index (χ0) is 18.8. The lowest BCUT2D eigenvalue weighted by molar-refractivity contribution is 0.0697. The molecule has 2 fully saturated rings. The number of hydrogen-bond acceptors (Lipinski definition) is 4. The first-order chi connectivity index (χ1) is 13.2. The Labute approximate surface area is 164 Å². The summed E-state index contributed by atoms with van der Waals surface area (Å²) in [6.07, 6.45) is 5.42. The highest BCUT2D eigenvalue weighted by Gasteiger charge is 2.29. The minimum Gasteiger partial charge on any atom is -0.337 e. The van der Waals surface area contributed by atoms with Gasteiger partial charge in [-0.1, -0.05) is 29.8 Å². The summed E-state index contributed by atoms with van der Waals surface area (Å²) in [6.45, 7) is 4.69. The molecule has 0 spiro atoms. The number of benzene rings is 1. The number of likely N-dealkylation sites (tertiary alicyclic amines) is 1. The molecule has 1 saturated heterocycles. The van der Waals surface area contributed by atoms with E-state index in [0.29, 0.717) is 23.2 Å². The molecule has 4 rings (SSSR count). The highest BCUT2D eigenvalue weighted by atomic mass is 35.5. The molecule has 0 atom stereocenters. The first-order valence-corrected chi connectivity index (χ1v) is 10.3. The topological polar surface area (TPSA) is 63.1 Å². The van der Waals surface area contributed by atoms with E-state index in [1.54, 1.807) is 4.68 Å². The average Bonchev–Trinajstić information content (AvgIpc) is 3.42. The molecule has 1 aromatic carbocycles. The number of carbonyl (C=O) groups is 1. The van der Waals surface area contributed by atoms with Gasteiger partial charge in [-0.2, -0.15) is 0 Å². The Morgan fingerprint density at radius 3 is 2.70 bits per heavy atom. The Hall–Kier alpha value is -1.92. The number of aromatic nitrogens is 3. The van der Waals surface area contributed by atoms with Crippen LogP contribution in [0.5, 0.6) is 0 Å². The zero-order valence-corrected chi connectivity index (χ0v) is 16.5. The van der Waals surface area contributed by atoms with Crippen LogP contribution in [0.15, 0.2) is 24.3 Å². The average molecular weight is 388 g/mol. The first kappa shape index (κ1) is 18.4. The minimum absolute atomic E-state index is 0.0132. The molecule has 1 saturated carbocycles. The van der Waals surface area contributed by atoms with Crippen LogP contribution in [-0.2, 0) is 6.42 Å².